The van der Waals surface area contributed by atoms with Crippen molar-refractivity contribution >= 4 is 28.2 Å². The number of nitrogens with one attached hydrogen (secondary N) is 1. The predicted molar refractivity (Wildman–Crippen MR) is 139 cm³/mol. The number of carbonyl (C=O) groups is 2. The molecule has 2 aromatic carbocycles. The van der Waals surface area contributed by atoms with E-state index in [2.05, 4.69) is 38.2 Å². The number of anilines is 1. The van der Waals surface area contributed by atoms with Gasteiger partial charge in [0.2, 0.25) is 5.91 Å². The number of ether oxygens (including phenoxy) is 2. The molecule has 0 fully saturated rings. The number of hydrogen-bond acceptors (Lipinski definition) is 5. The van der Waals surface area contributed by atoms with Crippen LogP contribution in [0, 0.1) is 6.92 Å². The van der Waals surface area contributed by atoms with Crippen molar-refractivity contribution in [2.45, 2.75) is 52.9 Å². The molecule has 0 saturated carbocycles. The zero-order chi connectivity index (χ0) is 24.7. The number of aryl methyl sites for hydroxylation is 1. The molecule has 0 bridgehead atoms. The summed E-state index contributed by atoms with van der Waals surface area (Å²) in [5.74, 6) is 0.209. The first kappa shape index (κ1) is 25.5. The highest BCUT2D eigenvalue weighted by molar-refractivity contribution is 7.17. The average Bonchev–Trinajstić information content (AvgIpc) is 3.12. The molecule has 0 saturated heterocycles. The third-order valence-corrected chi connectivity index (χ3v) is 6.44. The van der Waals surface area contributed by atoms with Gasteiger partial charge in [-0.15, -0.1) is 11.3 Å². The molecular formula is C28H33NO4S. The van der Waals surface area contributed by atoms with Gasteiger partial charge in [-0.2, -0.15) is 0 Å². The molecule has 0 unspecified atom stereocenters. The lowest BCUT2D eigenvalue weighted by atomic mass is 9.87. The normalized spacial score (nSPS) is 11.2. The molecule has 6 heteroatoms. The highest BCUT2D eigenvalue weighted by Crippen LogP contribution is 2.40. The molecule has 1 heterocycles. The lowest BCUT2D eigenvalue weighted by Crippen LogP contribution is -2.15. The van der Waals surface area contributed by atoms with Crippen LogP contribution in [0.3, 0.4) is 0 Å². The smallest absolute Gasteiger partial charge is 0.341 e. The lowest BCUT2D eigenvalue weighted by molar-refractivity contribution is -0.116. The van der Waals surface area contributed by atoms with Crippen LogP contribution in [0.1, 0.15) is 61.3 Å². The third kappa shape index (κ3) is 6.48. The molecule has 0 aliphatic heterocycles. The summed E-state index contributed by atoms with van der Waals surface area (Å²) in [6.45, 7) is 10.9. The average molecular weight is 480 g/mol. The Morgan fingerprint density at radius 2 is 1.68 bits per heavy atom. The van der Waals surface area contributed by atoms with E-state index in [0.29, 0.717) is 30.0 Å². The Hall–Kier alpha value is -3.12. The molecule has 5 nitrogen and oxygen atoms in total. The molecule has 34 heavy (non-hydrogen) atoms. The van der Waals surface area contributed by atoms with Crippen LogP contribution in [0.15, 0.2) is 54.6 Å². The maximum atomic E-state index is 12.8. The van der Waals surface area contributed by atoms with Crippen LogP contribution >= 0.6 is 11.3 Å². The van der Waals surface area contributed by atoms with Gasteiger partial charge in [-0.05, 0) is 48.9 Å². The second kappa shape index (κ2) is 11.3. The summed E-state index contributed by atoms with van der Waals surface area (Å²) in [5, 5.41) is 3.45. The summed E-state index contributed by atoms with van der Waals surface area (Å²) < 4.78 is 11.1. The van der Waals surface area contributed by atoms with Gasteiger partial charge in [0.1, 0.15) is 16.3 Å². The van der Waals surface area contributed by atoms with Gasteiger partial charge in [0.25, 0.3) is 0 Å². The maximum Gasteiger partial charge on any atom is 0.341 e. The number of esters is 1. The fourth-order valence-electron chi connectivity index (χ4n) is 3.65. The largest absolute Gasteiger partial charge is 0.494 e. The van der Waals surface area contributed by atoms with Crippen LogP contribution in [0.2, 0.25) is 0 Å². The number of benzene rings is 2. The molecule has 180 valence electrons. The highest BCUT2D eigenvalue weighted by Gasteiger charge is 2.25. The lowest BCUT2D eigenvalue weighted by Gasteiger charge is -2.19. The highest BCUT2D eigenvalue weighted by atomic mass is 32.1. The SMILES string of the molecule is CCOC(=O)c1c(NC(=O)CCCOc2ccc(C(C)(C)C)cc2)sc(C)c1-c1ccccc1. The van der Waals surface area contributed by atoms with E-state index in [0.717, 1.165) is 21.8 Å². The Morgan fingerprint density at radius 1 is 1.00 bits per heavy atom. The van der Waals surface area contributed by atoms with E-state index in [4.69, 9.17) is 9.47 Å². The topological polar surface area (TPSA) is 64.6 Å². The van der Waals surface area contributed by atoms with Crippen LogP contribution in [0.5, 0.6) is 5.75 Å². The molecule has 3 rings (SSSR count). The van der Waals surface area contributed by atoms with E-state index in [-0.39, 0.29) is 17.9 Å². The van der Waals surface area contributed by atoms with E-state index in [1.807, 2.05) is 49.4 Å². The molecule has 3 aromatic rings. The summed E-state index contributed by atoms with van der Waals surface area (Å²) in [5.41, 5.74) is 3.49. The first-order valence-corrected chi connectivity index (χ1v) is 12.4. The fourth-order valence-corrected chi connectivity index (χ4v) is 4.73. The Balaban J connectivity index is 1.62. The fraction of sp³-hybridized carbons (Fsp3) is 0.357. The number of carbonyl (C=O) groups excluding carboxylic acids is 2. The third-order valence-electron chi connectivity index (χ3n) is 5.42. The first-order chi connectivity index (χ1) is 16.2. The Labute approximate surface area is 206 Å². The van der Waals surface area contributed by atoms with E-state index in [9.17, 15) is 9.59 Å². The van der Waals surface area contributed by atoms with E-state index < -0.39 is 5.97 Å². The van der Waals surface area contributed by atoms with E-state index in [1.54, 1.807) is 6.92 Å². The van der Waals surface area contributed by atoms with Crippen LogP contribution in [-0.2, 0) is 14.9 Å². The van der Waals surface area contributed by atoms with Gasteiger partial charge in [-0.1, -0.05) is 63.2 Å². The maximum absolute atomic E-state index is 12.8. The Bertz CT molecular complexity index is 1110. The van der Waals surface area contributed by atoms with Crippen LogP contribution in [0.25, 0.3) is 11.1 Å². The van der Waals surface area contributed by atoms with Crippen LogP contribution < -0.4 is 10.1 Å². The van der Waals surface area contributed by atoms with Gasteiger partial charge in [0, 0.05) is 16.9 Å². The summed E-state index contributed by atoms with van der Waals surface area (Å²) in [7, 11) is 0. The number of rotatable bonds is 9. The Morgan fingerprint density at radius 3 is 2.29 bits per heavy atom. The second-order valence-electron chi connectivity index (χ2n) is 9.10. The van der Waals surface area contributed by atoms with Crippen LogP contribution in [0.4, 0.5) is 5.00 Å². The van der Waals surface area contributed by atoms with Crippen LogP contribution in [-0.4, -0.2) is 25.1 Å². The van der Waals surface area contributed by atoms with Gasteiger partial charge in [0.15, 0.2) is 0 Å². The quantitative estimate of drug-likeness (QED) is 0.265. The predicted octanol–water partition coefficient (Wildman–Crippen LogP) is 7.00. The van der Waals surface area contributed by atoms with Gasteiger partial charge < -0.3 is 14.8 Å². The summed E-state index contributed by atoms with van der Waals surface area (Å²) in [4.78, 5) is 26.4. The van der Waals surface area contributed by atoms with Crippen molar-refractivity contribution < 1.29 is 19.1 Å². The van der Waals surface area contributed by atoms with Gasteiger partial charge in [0.05, 0.1) is 13.2 Å². The van der Waals surface area contributed by atoms with Crippen molar-refractivity contribution in [1.82, 2.24) is 0 Å². The zero-order valence-corrected chi connectivity index (χ0v) is 21.4. The minimum Gasteiger partial charge on any atom is -0.494 e. The van der Waals surface area contributed by atoms with Gasteiger partial charge >= 0.3 is 5.97 Å². The summed E-state index contributed by atoms with van der Waals surface area (Å²) in [6.07, 6.45) is 0.859. The van der Waals surface area contributed by atoms with Gasteiger partial charge in [-0.3, -0.25) is 4.79 Å². The molecule has 0 radical (unpaired) electrons. The van der Waals surface area contributed by atoms with E-state index >= 15 is 0 Å². The standard InChI is InChI=1S/C28H33NO4S/c1-6-32-27(31)25-24(20-11-8-7-9-12-20)19(2)34-26(25)29-23(30)13-10-18-33-22-16-14-21(15-17-22)28(3,4)5/h7-9,11-12,14-17H,6,10,13,18H2,1-5H3,(H,29,30). The van der Waals surface area contributed by atoms with Crippen molar-refractivity contribution in [3.05, 3.63) is 70.6 Å². The number of amides is 1. The molecule has 0 aliphatic rings. The van der Waals surface area contributed by atoms with Crippen molar-refractivity contribution in [2.75, 3.05) is 18.5 Å². The van der Waals surface area contributed by atoms with Gasteiger partial charge in [-0.25, -0.2) is 4.79 Å². The Kier molecular flexibility index (Phi) is 8.51. The molecule has 1 amide bonds. The summed E-state index contributed by atoms with van der Waals surface area (Å²) in [6, 6.07) is 17.8. The molecule has 0 atom stereocenters. The number of thiophene rings is 1. The number of hydrogen-bond donors (Lipinski definition) is 1. The van der Waals surface area contributed by atoms with Crippen molar-refractivity contribution in [1.29, 1.82) is 0 Å². The van der Waals surface area contributed by atoms with Crippen molar-refractivity contribution in [2.24, 2.45) is 0 Å². The molecule has 0 spiro atoms. The van der Waals surface area contributed by atoms with Crippen molar-refractivity contribution in [3.63, 3.8) is 0 Å². The monoisotopic (exact) mass is 479 g/mol. The molecule has 1 aromatic heterocycles. The summed E-state index contributed by atoms with van der Waals surface area (Å²) >= 11 is 1.39. The first-order valence-electron chi connectivity index (χ1n) is 11.6. The molecule has 1 N–H and O–H groups in total. The van der Waals surface area contributed by atoms with E-state index in [1.165, 1.54) is 16.9 Å². The minimum atomic E-state index is -0.428. The zero-order valence-electron chi connectivity index (χ0n) is 20.6. The molecular weight excluding hydrogens is 446 g/mol. The van der Waals surface area contributed by atoms with Crippen molar-refractivity contribution in [3.8, 4) is 16.9 Å². The minimum absolute atomic E-state index is 0.0968. The second-order valence-corrected chi connectivity index (χ2v) is 10.3. The molecule has 0 aliphatic carbocycles.